The molecule has 1 aliphatic heterocycles. The van der Waals surface area contributed by atoms with Gasteiger partial charge in [-0.3, -0.25) is 24.5 Å². The van der Waals surface area contributed by atoms with Crippen LogP contribution in [0.5, 0.6) is 0 Å². The molecule has 0 spiro atoms. The molecule has 3 heterocycles. The Bertz CT molecular complexity index is 1420. The fourth-order valence-corrected chi connectivity index (χ4v) is 7.28. The maximum absolute atomic E-state index is 13.6. The van der Waals surface area contributed by atoms with E-state index >= 15 is 0 Å². The molecule has 12 nitrogen and oxygen atoms in total. The molecule has 0 aliphatic carbocycles. The van der Waals surface area contributed by atoms with Gasteiger partial charge in [0.2, 0.25) is 0 Å². The molecule has 1 aromatic carbocycles. The molecule has 2 aromatic heterocycles. The fraction of sp³-hybridized carbons (Fsp3) is 0.227. The van der Waals surface area contributed by atoms with Gasteiger partial charge in [-0.05, 0) is 28.5 Å². The average molecular weight is 565 g/mol. The minimum Gasteiger partial charge on any atom is -0.481 e. The second-order valence-electron chi connectivity index (χ2n) is 7.91. The number of nitro groups is 1. The van der Waals surface area contributed by atoms with Crippen molar-refractivity contribution < 1.29 is 32.8 Å². The molecule has 1 aliphatic rings. The smallest absolute Gasteiger partial charge is 0.305 e. The van der Waals surface area contributed by atoms with Gasteiger partial charge in [-0.15, -0.1) is 22.7 Å². The Morgan fingerprint density at radius 2 is 1.84 bits per heavy atom. The van der Waals surface area contributed by atoms with E-state index in [4.69, 9.17) is 0 Å². The number of thiophene rings is 2. The highest BCUT2D eigenvalue weighted by Crippen LogP contribution is 2.30. The molecular formula is C22H20N4O8S3. The van der Waals surface area contributed by atoms with Crippen molar-refractivity contribution in [2.24, 2.45) is 0 Å². The molecular weight excluding hydrogens is 544 g/mol. The van der Waals surface area contributed by atoms with Crippen LogP contribution in [0.4, 0.5) is 5.69 Å². The van der Waals surface area contributed by atoms with E-state index in [1.54, 1.807) is 29.0 Å². The number of amides is 2. The number of carbonyl (C=O) groups excluding carboxylic acids is 2. The van der Waals surface area contributed by atoms with Crippen molar-refractivity contribution in [3.05, 3.63) is 79.8 Å². The molecule has 194 valence electrons. The third-order valence-electron chi connectivity index (χ3n) is 5.59. The number of aliphatic carboxylic acids is 1. The monoisotopic (exact) mass is 564 g/mol. The predicted molar refractivity (Wildman–Crippen MR) is 134 cm³/mol. The van der Waals surface area contributed by atoms with Crippen LogP contribution >= 0.6 is 22.7 Å². The normalized spacial score (nSPS) is 16.9. The average Bonchev–Trinajstić information content (AvgIpc) is 3.64. The number of non-ortho nitro benzene ring substituents is 1. The molecule has 4 rings (SSSR count). The van der Waals surface area contributed by atoms with Crippen LogP contribution in [-0.2, 0) is 19.6 Å². The third kappa shape index (κ3) is 5.53. The summed E-state index contributed by atoms with van der Waals surface area (Å²) >= 11 is 2.09. The number of nitrogens with zero attached hydrogens (tertiary/aromatic N) is 3. The van der Waals surface area contributed by atoms with Crippen molar-refractivity contribution in [2.45, 2.75) is 22.8 Å². The zero-order valence-electron chi connectivity index (χ0n) is 18.9. The van der Waals surface area contributed by atoms with Crippen LogP contribution in [0, 0.1) is 10.1 Å². The lowest BCUT2D eigenvalue weighted by atomic mass is 10.0. The molecule has 0 saturated carbocycles. The van der Waals surface area contributed by atoms with Crippen LogP contribution in [-0.4, -0.2) is 64.7 Å². The Labute approximate surface area is 219 Å². The Morgan fingerprint density at radius 3 is 2.46 bits per heavy atom. The maximum atomic E-state index is 13.6. The molecule has 0 bridgehead atoms. The molecule has 2 N–H and O–H groups in total. The van der Waals surface area contributed by atoms with E-state index in [-0.39, 0.29) is 28.5 Å². The Hall–Kier alpha value is -3.66. The minimum atomic E-state index is -4.17. The maximum Gasteiger partial charge on any atom is 0.305 e. The highest BCUT2D eigenvalue weighted by Gasteiger charge is 2.47. The van der Waals surface area contributed by atoms with E-state index in [2.05, 4.69) is 5.32 Å². The second-order valence-corrected chi connectivity index (χ2v) is 11.9. The summed E-state index contributed by atoms with van der Waals surface area (Å²) in [6.07, 6.45) is -2.23. The first kappa shape index (κ1) is 26.4. The lowest BCUT2D eigenvalue weighted by Gasteiger charge is -2.30. The number of hydrogen-bond acceptors (Lipinski definition) is 9. The van der Waals surface area contributed by atoms with E-state index in [0.29, 0.717) is 4.88 Å². The van der Waals surface area contributed by atoms with Crippen LogP contribution in [0.25, 0.3) is 0 Å². The number of carbonyl (C=O) groups is 3. The van der Waals surface area contributed by atoms with Gasteiger partial charge >= 0.3 is 5.97 Å². The summed E-state index contributed by atoms with van der Waals surface area (Å²) in [6, 6.07) is 10.0. The Kier molecular flexibility index (Phi) is 7.68. The first-order chi connectivity index (χ1) is 17.6. The second kappa shape index (κ2) is 10.8. The lowest BCUT2D eigenvalue weighted by molar-refractivity contribution is -0.384. The van der Waals surface area contributed by atoms with E-state index in [0.717, 1.165) is 37.9 Å². The van der Waals surface area contributed by atoms with Gasteiger partial charge in [0.1, 0.15) is 4.21 Å². The Morgan fingerprint density at radius 1 is 1.11 bits per heavy atom. The lowest BCUT2D eigenvalue weighted by Crippen LogP contribution is -2.54. The van der Waals surface area contributed by atoms with E-state index in [1.165, 1.54) is 24.3 Å². The van der Waals surface area contributed by atoms with Gasteiger partial charge in [0, 0.05) is 25.2 Å². The summed E-state index contributed by atoms with van der Waals surface area (Å²) in [5.41, 5.74) is -0.161. The largest absolute Gasteiger partial charge is 0.481 e. The van der Waals surface area contributed by atoms with Crippen LogP contribution in [0.2, 0.25) is 0 Å². The first-order valence-electron chi connectivity index (χ1n) is 10.8. The van der Waals surface area contributed by atoms with Crippen LogP contribution in [0.15, 0.2) is 63.5 Å². The number of carboxylic acids is 1. The number of sulfonamides is 1. The van der Waals surface area contributed by atoms with Gasteiger partial charge in [0.25, 0.3) is 27.5 Å². The minimum absolute atomic E-state index is 0.0171. The topological polar surface area (TPSA) is 167 Å². The summed E-state index contributed by atoms with van der Waals surface area (Å²) in [7, 11) is -4.17. The number of hydrogen-bond donors (Lipinski definition) is 2. The van der Waals surface area contributed by atoms with Gasteiger partial charge in [-0.25, -0.2) is 8.42 Å². The van der Waals surface area contributed by atoms with Crippen molar-refractivity contribution in [1.29, 1.82) is 0 Å². The number of benzene rings is 1. The highest BCUT2D eigenvalue weighted by atomic mass is 32.2. The molecule has 1 fully saturated rings. The molecule has 2 unspecified atom stereocenters. The summed E-state index contributed by atoms with van der Waals surface area (Å²) < 4.78 is 27.6. The van der Waals surface area contributed by atoms with Crippen LogP contribution < -0.4 is 5.32 Å². The summed E-state index contributed by atoms with van der Waals surface area (Å²) in [4.78, 5) is 50.3. The summed E-state index contributed by atoms with van der Waals surface area (Å²) in [5.74, 6) is -2.78. The molecule has 2 amide bonds. The van der Waals surface area contributed by atoms with Crippen molar-refractivity contribution in [3.63, 3.8) is 0 Å². The molecule has 0 radical (unpaired) electrons. The summed E-state index contributed by atoms with van der Waals surface area (Å²) in [5, 5.41) is 26.4. The van der Waals surface area contributed by atoms with E-state index in [9.17, 15) is 38.0 Å². The van der Waals surface area contributed by atoms with Crippen molar-refractivity contribution >= 4 is 56.2 Å². The van der Waals surface area contributed by atoms with Crippen LogP contribution in [0.1, 0.15) is 27.7 Å². The zero-order valence-corrected chi connectivity index (χ0v) is 21.4. The number of nitro benzene ring substituents is 1. The highest BCUT2D eigenvalue weighted by molar-refractivity contribution is 7.91. The molecule has 37 heavy (non-hydrogen) atoms. The standard InChI is InChI=1S/C22H20N4O8S3/c27-18(28)13-16(14-4-1-5-15(12-14)26(31)32)23-20(29)21-24(22(30)17-6-2-10-35-17)8-9-25(21)37(33,34)19-7-3-11-36-19/h1-7,10-12,16,21H,8-9,13H2,(H,23,29)(H,27,28). The SMILES string of the molecule is O=C(O)CC(NC(=O)C1N(C(=O)c2cccs2)CCN1S(=O)(=O)c1cccs1)c1cccc([N+](=O)[O-])c1. The first-order valence-corrected chi connectivity index (χ1v) is 14.0. The number of nitrogens with one attached hydrogen (secondary N) is 1. The Balaban J connectivity index is 1.71. The number of rotatable bonds is 9. The van der Waals surface area contributed by atoms with Gasteiger partial charge in [0.15, 0.2) is 6.17 Å². The zero-order chi connectivity index (χ0) is 26.7. The van der Waals surface area contributed by atoms with Gasteiger partial charge in [-0.2, -0.15) is 4.31 Å². The van der Waals surface area contributed by atoms with Gasteiger partial charge in [-0.1, -0.05) is 24.3 Å². The molecule has 15 heteroatoms. The molecule has 1 saturated heterocycles. The van der Waals surface area contributed by atoms with E-state index < -0.39 is 51.4 Å². The predicted octanol–water partition coefficient (Wildman–Crippen LogP) is 2.52. The van der Waals surface area contributed by atoms with Crippen molar-refractivity contribution in [2.75, 3.05) is 13.1 Å². The van der Waals surface area contributed by atoms with E-state index in [1.807, 2.05) is 0 Å². The number of carboxylic acid groups (broad SMARTS) is 1. The van der Waals surface area contributed by atoms with Crippen LogP contribution in [0.3, 0.4) is 0 Å². The fourth-order valence-electron chi connectivity index (χ4n) is 3.94. The summed E-state index contributed by atoms with van der Waals surface area (Å²) in [6.45, 7) is -0.227. The van der Waals surface area contributed by atoms with Crippen molar-refractivity contribution in [3.8, 4) is 0 Å². The van der Waals surface area contributed by atoms with Crippen molar-refractivity contribution in [1.82, 2.24) is 14.5 Å². The van der Waals surface area contributed by atoms with Gasteiger partial charge in [0.05, 0.1) is 22.3 Å². The quantitative estimate of drug-likeness (QED) is 0.295. The third-order valence-corrected chi connectivity index (χ3v) is 9.68. The van der Waals surface area contributed by atoms with Gasteiger partial charge < -0.3 is 15.3 Å². The molecule has 2 atom stereocenters. The molecule has 3 aromatic rings.